The highest BCUT2D eigenvalue weighted by Gasteiger charge is 2.43. The van der Waals surface area contributed by atoms with E-state index in [0.29, 0.717) is 16.7 Å². The molecule has 0 saturated heterocycles. The standard InChI is InChI=1S/C9H12BrN3O2/c1-13-6-5(7(10)12-13)3-2-4-9(6,11)8(14)15/h2-4,11H2,1H3,(H,14,15). The maximum absolute atomic E-state index is 11.2. The fourth-order valence-electron chi connectivity index (χ4n) is 2.19. The van der Waals surface area contributed by atoms with Crippen LogP contribution in [0.2, 0.25) is 0 Å². The van der Waals surface area contributed by atoms with Crippen LogP contribution in [0.5, 0.6) is 0 Å². The molecule has 0 spiro atoms. The van der Waals surface area contributed by atoms with E-state index in [0.717, 1.165) is 18.4 Å². The van der Waals surface area contributed by atoms with E-state index in [4.69, 9.17) is 5.73 Å². The van der Waals surface area contributed by atoms with Crippen LogP contribution in [-0.4, -0.2) is 20.9 Å². The second-order valence-corrected chi connectivity index (χ2v) is 4.62. The summed E-state index contributed by atoms with van der Waals surface area (Å²) in [5, 5.41) is 13.4. The van der Waals surface area contributed by atoms with Crippen LogP contribution in [0.15, 0.2) is 4.60 Å². The van der Waals surface area contributed by atoms with E-state index in [-0.39, 0.29) is 0 Å². The smallest absolute Gasteiger partial charge is 0.329 e. The van der Waals surface area contributed by atoms with Crippen LogP contribution in [-0.2, 0) is 23.8 Å². The lowest BCUT2D eigenvalue weighted by Crippen LogP contribution is -2.48. The number of rotatable bonds is 1. The molecule has 0 aromatic carbocycles. The third-order valence-electron chi connectivity index (χ3n) is 2.90. The normalized spacial score (nSPS) is 25.0. The van der Waals surface area contributed by atoms with Crippen molar-refractivity contribution in [3.63, 3.8) is 0 Å². The molecule has 0 fully saturated rings. The van der Waals surface area contributed by atoms with Crippen molar-refractivity contribution >= 4 is 21.9 Å². The molecule has 3 N–H and O–H groups in total. The molecule has 1 aromatic heterocycles. The Labute approximate surface area is 95.4 Å². The minimum absolute atomic E-state index is 0.460. The average molecular weight is 274 g/mol. The van der Waals surface area contributed by atoms with Gasteiger partial charge in [-0.1, -0.05) is 0 Å². The minimum Gasteiger partial charge on any atom is -0.480 e. The summed E-state index contributed by atoms with van der Waals surface area (Å²) < 4.78 is 2.27. The number of nitrogens with zero attached hydrogens (tertiary/aromatic N) is 2. The zero-order chi connectivity index (χ0) is 11.2. The Bertz CT molecular complexity index is 429. The zero-order valence-corrected chi connectivity index (χ0v) is 9.91. The number of nitrogens with two attached hydrogens (primary N) is 1. The summed E-state index contributed by atoms with van der Waals surface area (Å²) >= 11 is 3.32. The van der Waals surface area contributed by atoms with Gasteiger partial charge in [0.05, 0.1) is 5.69 Å². The molecule has 1 aliphatic rings. The molecule has 1 aliphatic carbocycles. The van der Waals surface area contributed by atoms with Crippen LogP contribution < -0.4 is 5.73 Å². The number of fused-ring (bicyclic) bond motifs is 1. The van der Waals surface area contributed by atoms with Crippen molar-refractivity contribution < 1.29 is 9.90 Å². The van der Waals surface area contributed by atoms with Crippen molar-refractivity contribution in [2.75, 3.05) is 0 Å². The Morgan fingerprint density at radius 1 is 1.73 bits per heavy atom. The number of aryl methyl sites for hydroxylation is 1. The van der Waals surface area contributed by atoms with Gasteiger partial charge in [-0.2, -0.15) is 5.10 Å². The van der Waals surface area contributed by atoms with Crippen LogP contribution in [0.25, 0.3) is 0 Å². The van der Waals surface area contributed by atoms with E-state index in [1.165, 1.54) is 0 Å². The maximum atomic E-state index is 11.2. The lowest BCUT2D eigenvalue weighted by molar-refractivity contribution is -0.144. The fraction of sp³-hybridized carbons (Fsp3) is 0.556. The van der Waals surface area contributed by atoms with E-state index in [2.05, 4.69) is 21.0 Å². The third kappa shape index (κ3) is 1.39. The predicted octanol–water partition coefficient (Wildman–Crippen LogP) is 0.757. The highest BCUT2D eigenvalue weighted by molar-refractivity contribution is 9.10. The highest BCUT2D eigenvalue weighted by atomic mass is 79.9. The van der Waals surface area contributed by atoms with Gasteiger partial charge in [0.1, 0.15) is 4.60 Å². The highest BCUT2D eigenvalue weighted by Crippen LogP contribution is 2.36. The van der Waals surface area contributed by atoms with Crippen LogP contribution in [0.4, 0.5) is 0 Å². The Kier molecular flexibility index (Phi) is 2.35. The van der Waals surface area contributed by atoms with Gasteiger partial charge in [-0.3, -0.25) is 4.68 Å². The van der Waals surface area contributed by atoms with Crippen molar-refractivity contribution in [3.05, 3.63) is 15.9 Å². The summed E-state index contributed by atoms with van der Waals surface area (Å²) in [5.74, 6) is -0.987. The summed E-state index contributed by atoms with van der Waals surface area (Å²) in [7, 11) is 1.72. The lowest BCUT2D eigenvalue weighted by atomic mass is 9.81. The van der Waals surface area contributed by atoms with Crippen LogP contribution in [0.3, 0.4) is 0 Å². The van der Waals surface area contributed by atoms with Gasteiger partial charge in [-0.15, -0.1) is 0 Å². The number of halogens is 1. The van der Waals surface area contributed by atoms with E-state index in [1.807, 2.05) is 0 Å². The first-order chi connectivity index (χ1) is 6.97. The van der Waals surface area contributed by atoms with Crippen LogP contribution in [0.1, 0.15) is 24.1 Å². The number of hydrogen-bond acceptors (Lipinski definition) is 3. The molecular formula is C9H12BrN3O2. The number of aromatic nitrogens is 2. The first kappa shape index (κ1) is 10.6. The van der Waals surface area contributed by atoms with E-state index < -0.39 is 11.5 Å². The van der Waals surface area contributed by atoms with Gasteiger partial charge < -0.3 is 10.8 Å². The summed E-state index contributed by atoms with van der Waals surface area (Å²) in [4.78, 5) is 11.2. The summed E-state index contributed by atoms with van der Waals surface area (Å²) in [6.07, 6.45) is 2.07. The molecule has 1 atom stereocenters. The van der Waals surface area contributed by atoms with Crippen LogP contribution in [0, 0.1) is 0 Å². The Hall–Kier alpha value is -0.880. The zero-order valence-electron chi connectivity index (χ0n) is 8.33. The second-order valence-electron chi connectivity index (χ2n) is 3.87. The number of carboxylic acid groups (broad SMARTS) is 1. The molecule has 6 heteroatoms. The second kappa shape index (κ2) is 3.31. The molecule has 2 rings (SSSR count). The van der Waals surface area contributed by atoms with E-state index >= 15 is 0 Å². The number of hydrogen-bond donors (Lipinski definition) is 2. The molecule has 0 saturated carbocycles. The first-order valence-electron chi connectivity index (χ1n) is 4.71. The summed E-state index contributed by atoms with van der Waals surface area (Å²) in [6.45, 7) is 0. The molecule has 0 aliphatic heterocycles. The van der Waals surface area contributed by atoms with Gasteiger partial charge in [0, 0.05) is 12.6 Å². The number of carboxylic acids is 1. The molecule has 1 aromatic rings. The van der Waals surface area contributed by atoms with Gasteiger partial charge in [-0.25, -0.2) is 4.79 Å². The van der Waals surface area contributed by atoms with Gasteiger partial charge in [0.15, 0.2) is 5.54 Å². The molecule has 1 unspecified atom stereocenters. The summed E-state index contributed by atoms with van der Waals surface area (Å²) in [6, 6.07) is 0. The number of aliphatic carboxylic acids is 1. The van der Waals surface area contributed by atoms with Gasteiger partial charge in [0.25, 0.3) is 0 Å². The molecule has 82 valence electrons. The van der Waals surface area contributed by atoms with Crippen molar-refractivity contribution in [2.45, 2.75) is 24.8 Å². The Morgan fingerprint density at radius 3 is 3.00 bits per heavy atom. The summed E-state index contributed by atoms with van der Waals surface area (Å²) in [5.41, 5.74) is 6.20. The molecule has 15 heavy (non-hydrogen) atoms. The first-order valence-corrected chi connectivity index (χ1v) is 5.50. The lowest BCUT2D eigenvalue weighted by Gasteiger charge is -2.29. The van der Waals surface area contributed by atoms with Crippen LogP contribution >= 0.6 is 15.9 Å². The molecule has 0 radical (unpaired) electrons. The number of carbonyl (C=O) groups is 1. The molecule has 0 amide bonds. The molecule has 0 bridgehead atoms. The van der Waals surface area contributed by atoms with Crippen molar-refractivity contribution in [1.29, 1.82) is 0 Å². The minimum atomic E-state index is -1.29. The largest absolute Gasteiger partial charge is 0.480 e. The monoisotopic (exact) mass is 273 g/mol. The van der Waals surface area contributed by atoms with Crippen molar-refractivity contribution in [1.82, 2.24) is 9.78 Å². The Balaban J connectivity index is 2.65. The van der Waals surface area contributed by atoms with E-state index in [9.17, 15) is 9.90 Å². The Morgan fingerprint density at radius 2 is 2.40 bits per heavy atom. The SMILES string of the molecule is Cn1nc(Br)c2c1C(N)(C(=O)O)CCC2. The quantitative estimate of drug-likeness (QED) is 0.792. The van der Waals surface area contributed by atoms with Gasteiger partial charge >= 0.3 is 5.97 Å². The fourth-order valence-corrected chi connectivity index (χ4v) is 2.81. The predicted molar refractivity (Wildman–Crippen MR) is 57.3 cm³/mol. The molecule has 1 heterocycles. The topological polar surface area (TPSA) is 81.1 Å². The van der Waals surface area contributed by atoms with Crippen molar-refractivity contribution in [3.8, 4) is 0 Å². The van der Waals surface area contributed by atoms with Gasteiger partial charge in [0.2, 0.25) is 0 Å². The maximum Gasteiger partial charge on any atom is 0.329 e. The average Bonchev–Trinajstić information content (AvgIpc) is 2.44. The molecular weight excluding hydrogens is 262 g/mol. The van der Waals surface area contributed by atoms with Crippen molar-refractivity contribution in [2.24, 2.45) is 12.8 Å². The van der Waals surface area contributed by atoms with E-state index in [1.54, 1.807) is 11.7 Å². The van der Waals surface area contributed by atoms with Gasteiger partial charge in [-0.05, 0) is 35.2 Å². The third-order valence-corrected chi connectivity index (χ3v) is 3.54. The molecule has 5 nitrogen and oxygen atoms in total.